The Hall–Kier alpha value is -1.06. The maximum atomic E-state index is 11.7. The monoisotopic (exact) mass is 238 g/mol. The predicted octanol–water partition coefficient (Wildman–Crippen LogP) is 2.01. The Morgan fingerprint density at radius 2 is 2.25 bits per heavy atom. The van der Waals surface area contributed by atoms with Crippen LogP contribution in [0.1, 0.15) is 31.4 Å². The average Bonchev–Trinajstić information content (AvgIpc) is 2.98. The van der Waals surface area contributed by atoms with E-state index in [2.05, 4.69) is 5.32 Å². The second-order valence-corrected chi connectivity index (χ2v) is 4.84. The molecule has 16 heavy (non-hydrogen) atoms. The lowest BCUT2D eigenvalue weighted by Gasteiger charge is -2.17. The highest BCUT2D eigenvalue weighted by Crippen LogP contribution is 2.33. The summed E-state index contributed by atoms with van der Waals surface area (Å²) in [6, 6.07) is 7.41. The zero-order valence-corrected chi connectivity index (χ0v) is 9.92. The number of hydrogen-bond donors (Lipinski definition) is 2. The van der Waals surface area contributed by atoms with Gasteiger partial charge in [0, 0.05) is 5.02 Å². The van der Waals surface area contributed by atoms with Crippen molar-refractivity contribution in [2.45, 2.75) is 31.3 Å². The van der Waals surface area contributed by atoms with Gasteiger partial charge in [-0.15, -0.1) is 0 Å². The van der Waals surface area contributed by atoms with Crippen LogP contribution in [0.25, 0.3) is 0 Å². The van der Waals surface area contributed by atoms with Crippen LogP contribution in [-0.2, 0) is 4.79 Å². The molecule has 86 valence electrons. The third-order valence-electron chi connectivity index (χ3n) is 2.94. The van der Waals surface area contributed by atoms with E-state index in [0.29, 0.717) is 5.02 Å². The Labute approximate surface area is 100.0 Å². The van der Waals surface area contributed by atoms with Crippen molar-refractivity contribution in [3.8, 4) is 0 Å². The summed E-state index contributed by atoms with van der Waals surface area (Å²) >= 11 is 5.89. The molecule has 4 heteroatoms. The Morgan fingerprint density at radius 3 is 2.81 bits per heavy atom. The van der Waals surface area contributed by atoms with Crippen LogP contribution in [0.2, 0.25) is 5.02 Å². The van der Waals surface area contributed by atoms with Gasteiger partial charge in [-0.25, -0.2) is 0 Å². The Balaban J connectivity index is 2.03. The smallest absolute Gasteiger partial charge is 0.240 e. The summed E-state index contributed by atoms with van der Waals surface area (Å²) in [6.45, 7) is 1.93. The van der Waals surface area contributed by atoms with E-state index in [-0.39, 0.29) is 11.9 Å². The van der Waals surface area contributed by atoms with Gasteiger partial charge in [0.2, 0.25) is 5.91 Å². The van der Waals surface area contributed by atoms with E-state index in [1.807, 2.05) is 31.2 Å². The first kappa shape index (κ1) is 11.4. The molecule has 1 saturated carbocycles. The van der Waals surface area contributed by atoms with Crippen molar-refractivity contribution in [2.24, 2.45) is 5.73 Å². The molecule has 3 N–H and O–H groups in total. The van der Waals surface area contributed by atoms with E-state index in [9.17, 15) is 4.79 Å². The van der Waals surface area contributed by atoms with Crippen LogP contribution in [0.4, 0.5) is 0 Å². The molecule has 0 heterocycles. The molecule has 2 rings (SSSR count). The summed E-state index contributed by atoms with van der Waals surface area (Å²) < 4.78 is 0. The zero-order chi connectivity index (χ0) is 11.8. The molecule has 1 atom stereocenters. The zero-order valence-electron chi connectivity index (χ0n) is 9.16. The van der Waals surface area contributed by atoms with E-state index in [1.54, 1.807) is 0 Å². The fourth-order valence-corrected chi connectivity index (χ4v) is 1.76. The van der Waals surface area contributed by atoms with Crippen LogP contribution in [0.3, 0.4) is 0 Å². The number of carbonyl (C=O) groups excluding carboxylic acids is 1. The molecule has 0 spiro atoms. The standard InChI is InChI=1S/C12H15ClN2O/c1-8(9-3-2-4-10(13)7-9)15-11(16)12(14)5-6-12/h2-4,7-8H,5-6,14H2,1H3,(H,15,16). The highest BCUT2D eigenvalue weighted by Gasteiger charge is 2.46. The largest absolute Gasteiger partial charge is 0.348 e. The summed E-state index contributed by atoms with van der Waals surface area (Å²) in [6.07, 6.45) is 1.56. The second kappa shape index (κ2) is 4.07. The van der Waals surface area contributed by atoms with Gasteiger partial charge in [-0.2, -0.15) is 0 Å². The first-order chi connectivity index (χ1) is 7.51. The minimum absolute atomic E-state index is 0.0628. The van der Waals surface area contributed by atoms with Gasteiger partial charge in [0.1, 0.15) is 0 Å². The molecule has 1 unspecified atom stereocenters. The van der Waals surface area contributed by atoms with Crippen molar-refractivity contribution in [3.63, 3.8) is 0 Å². The summed E-state index contributed by atoms with van der Waals surface area (Å²) in [5.74, 6) is -0.0695. The molecule has 0 aliphatic heterocycles. The quantitative estimate of drug-likeness (QED) is 0.847. The van der Waals surface area contributed by atoms with Crippen molar-refractivity contribution in [3.05, 3.63) is 34.9 Å². The van der Waals surface area contributed by atoms with Crippen LogP contribution in [0.15, 0.2) is 24.3 Å². The van der Waals surface area contributed by atoms with Crippen LogP contribution in [-0.4, -0.2) is 11.4 Å². The Morgan fingerprint density at radius 1 is 1.56 bits per heavy atom. The summed E-state index contributed by atoms with van der Waals surface area (Å²) in [4.78, 5) is 11.7. The van der Waals surface area contributed by atoms with Crippen LogP contribution < -0.4 is 11.1 Å². The molecule has 3 nitrogen and oxygen atoms in total. The third-order valence-corrected chi connectivity index (χ3v) is 3.17. The maximum Gasteiger partial charge on any atom is 0.240 e. The van der Waals surface area contributed by atoms with Gasteiger partial charge in [-0.05, 0) is 37.5 Å². The van der Waals surface area contributed by atoms with Gasteiger partial charge < -0.3 is 11.1 Å². The molecule has 0 aromatic heterocycles. The third kappa shape index (κ3) is 2.36. The molecule has 1 aliphatic carbocycles. The van der Waals surface area contributed by atoms with Crippen molar-refractivity contribution in [2.75, 3.05) is 0 Å². The first-order valence-electron chi connectivity index (χ1n) is 5.36. The van der Waals surface area contributed by atoms with E-state index in [1.165, 1.54) is 0 Å². The predicted molar refractivity (Wildman–Crippen MR) is 64.2 cm³/mol. The second-order valence-electron chi connectivity index (χ2n) is 4.41. The van der Waals surface area contributed by atoms with Gasteiger partial charge in [0.15, 0.2) is 0 Å². The lowest BCUT2D eigenvalue weighted by atomic mass is 10.1. The molecule has 1 aliphatic rings. The molecule has 0 bridgehead atoms. The molecule has 1 amide bonds. The van der Waals surface area contributed by atoms with Crippen molar-refractivity contribution in [1.29, 1.82) is 0 Å². The Kier molecular flexibility index (Phi) is 2.91. The summed E-state index contributed by atoms with van der Waals surface area (Å²) in [5, 5.41) is 3.58. The van der Waals surface area contributed by atoms with Gasteiger partial charge in [-0.3, -0.25) is 4.79 Å². The lowest BCUT2D eigenvalue weighted by molar-refractivity contribution is -0.123. The first-order valence-corrected chi connectivity index (χ1v) is 5.74. The molecular formula is C12H15ClN2O. The summed E-state index contributed by atoms with van der Waals surface area (Å²) in [7, 11) is 0. The van der Waals surface area contributed by atoms with Gasteiger partial charge in [0.25, 0.3) is 0 Å². The highest BCUT2D eigenvalue weighted by atomic mass is 35.5. The van der Waals surface area contributed by atoms with Crippen molar-refractivity contribution < 1.29 is 4.79 Å². The van der Waals surface area contributed by atoms with E-state index < -0.39 is 5.54 Å². The number of nitrogens with one attached hydrogen (secondary N) is 1. The summed E-state index contributed by atoms with van der Waals surface area (Å²) in [5.41, 5.74) is 6.18. The fourth-order valence-electron chi connectivity index (χ4n) is 1.56. The maximum absolute atomic E-state index is 11.7. The van der Waals surface area contributed by atoms with Crippen molar-refractivity contribution >= 4 is 17.5 Å². The topological polar surface area (TPSA) is 55.1 Å². The molecule has 1 fully saturated rings. The molecular weight excluding hydrogens is 224 g/mol. The van der Waals surface area contributed by atoms with Crippen LogP contribution >= 0.6 is 11.6 Å². The molecule has 1 aromatic rings. The fraction of sp³-hybridized carbons (Fsp3) is 0.417. The van der Waals surface area contributed by atoms with E-state index in [4.69, 9.17) is 17.3 Å². The number of nitrogens with two attached hydrogens (primary N) is 1. The lowest BCUT2D eigenvalue weighted by Crippen LogP contribution is -2.43. The minimum atomic E-state index is -0.618. The number of halogens is 1. The van der Waals surface area contributed by atoms with Crippen LogP contribution in [0, 0.1) is 0 Å². The van der Waals surface area contributed by atoms with E-state index >= 15 is 0 Å². The highest BCUT2D eigenvalue weighted by molar-refractivity contribution is 6.30. The van der Waals surface area contributed by atoms with Crippen LogP contribution in [0.5, 0.6) is 0 Å². The number of benzene rings is 1. The SMILES string of the molecule is CC(NC(=O)C1(N)CC1)c1cccc(Cl)c1. The Bertz CT molecular complexity index is 415. The number of amides is 1. The molecule has 1 aromatic carbocycles. The molecule has 0 saturated heterocycles. The normalized spacial score (nSPS) is 18.9. The number of hydrogen-bond acceptors (Lipinski definition) is 2. The van der Waals surface area contributed by atoms with Gasteiger partial charge in [0.05, 0.1) is 11.6 Å². The molecule has 0 radical (unpaired) electrons. The minimum Gasteiger partial charge on any atom is -0.348 e. The van der Waals surface area contributed by atoms with Gasteiger partial charge >= 0.3 is 0 Å². The number of carbonyl (C=O) groups is 1. The van der Waals surface area contributed by atoms with E-state index in [0.717, 1.165) is 18.4 Å². The van der Waals surface area contributed by atoms with Gasteiger partial charge in [-0.1, -0.05) is 23.7 Å². The van der Waals surface area contributed by atoms with Crippen molar-refractivity contribution in [1.82, 2.24) is 5.32 Å². The number of rotatable bonds is 3. The average molecular weight is 239 g/mol.